The maximum Gasteiger partial charge on any atom is 0.317 e. The van der Waals surface area contributed by atoms with Crippen LogP contribution in [0.2, 0.25) is 0 Å². The Labute approximate surface area is 118 Å². The van der Waals surface area contributed by atoms with Gasteiger partial charge in [0.15, 0.2) is 0 Å². The first-order valence-electron chi connectivity index (χ1n) is 6.44. The van der Waals surface area contributed by atoms with E-state index in [1.807, 2.05) is 6.07 Å². The summed E-state index contributed by atoms with van der Waals surface area (Å²) in [7, 11) is 0. The van der Waals surface area contributed by atoms with E-state index in [-0.39, 0.29) is 6.42 Å². The number of aromatic nitrogens is 2. The summed E-state index contributed by atoms with van der Waals surface area (Å²) >= 11 is 0. The van der Waals surface area contributed by atoms with Gasteiger partial charge in [0.1, 0.15) is 0 Å². The van der Waals surface area contributed by atoms with Crippen molar-refractivity contribution < 1.29 is 9.90 Å². The topological polar surface area (TPSA) is 116 Å². The Morgan fingerprint density at radius 1 is 1.48 bits per heavy atom. The number of nitrogens with one attached hydrogen (secondary N) is 1. The van der Waals surface area contributed by atoms with Crippen molar-refractivity contribution in [2.75, 3.05) is 0 Å². The fraction of sp³-hybridized carbons (Fsp3) is 0.286. The van der Waals surface area contributed by atoms with Gasteiger partial charge in [-0.15, -0.1) is 0 Å². The minimum absolute atomic E-state index is 0.210. The molecular weight excluding hydrogens is 274 g/mol. The van der Waals surface area contributed by atoms with Crippen molar-refractivity contribution in [2.45, 2.75) is 25.3 Å². The SMILES string of the molecule is N#Cc1cc2c3c(c1)[nH]c(=O)c(=O)n3C(CC(=O)O)CC2. The molecule has 1 unspecified atom stereocenters. The Balaban J connectivity index is 2.40. The van der Waals surface area contributed by atoms with E-state index in [1.54, 1.807) is 6.07 Å². The van der Waals surface area contributed by atoms with Crippen LogP contribution >= 0.6 is 0 Å². The van der Waals surface area contributed by atoms with Gasteiger partial charge in [0.25, 0.3) is 0 Å². The van der Waals surface area contributed by atoms with Crippen molar-refractivity contribution in [3.8, 4) is 6.07 Å². The lowest BCUT2D eigenvalue weighted by molar-refractivity contribution is -0.138. The Bertz CT molecular complexity index is 917. The number of aliphatic carboxylic acids is 1. The second kappa shape index (κ2) is 4.59. The minimum Gasteiger partial charge on any atom is -0.481 e. The summed E-state index contributed by atoms with van der Waals surface area (Å²) in [4.78, 5) is 37.3. The lowest BCUT2D eigenvalue weighted by Gasteiger charge is -2.26. The van der Waals surface area contributed by atoms with E-state index in [4.69, 9.17) is 10.4 Å². The molecule has 0 spiro atoms. The second-order valence-electron chi connectivity index (χ2n) is 5.06. The van der Waals surface area contributed by atoms with Gasteiger partial charge >= 0.3 is 17.1 Å². The first-order chi connectivity index (χ1) is 10.0. The molecule has 7 heteroatoms. The number of carboxylic acids is 1. The lowest BCUT2D eigenvalue weighted by Crippen LogP contribution is -2.40. The van der Waals surface area contributed by atoms with Crippen LogP contribution in [0.4, 0.5) is 0 Å². The van der Waals surface area contributed by atoms with Crippen LogP contribution in [0.5, 0.6) is 0 Å². The van der Waals surface area contributed by atoms with Crippen molar-refractivity contribution in [2.24, 2.45) is 0 Å². The van der Waals surface area contributed by atoms with E-state index < -0.39 is 23.1 Å². The number of benzene rings is 1. The van der Waals surface area contributed by atoms with Gasteiger partial charge in [-0.05, 0) is 30.5 Å². The second-order valence-corrected chi connectivity index (χ2v) is 5.06. The molecule has 0 amide bonds. The summed E-state index contributed by atoms with van der Waals surface area (Å²) in [5.41, 5.74) is 0.536. The standard InChI is InChI=1S/C14H11N3O4/c15-6-7-3-8-1-2-9(5-11(18)19)17-12(8)10(4-7)16-13(20)14(17)21/h3-4,9H,1-2,5H2,(H,16,20)(H,18,19). The third-order valence-electron chi connectivity index (χ3n) is 3.74. The average molecular weight is 285 g/mol. The quantitative estimate of drug-likeness (QED) is 0.780. The Kier molecular flexibility index (Phi) is 2.87. The van der Waals surface area contributed by atoms with Gasteiger partial charge < -0.3 is 10.1 Å². The van der Waals surface area contributed by atoms with E-state index in [9.17, 15) is 14.4 Å². The van der Waals surface area contributed by atoms with E-state index in [2.05, 4.69) is 4.98 Å². The van der Waals surface area contributed by atoms with Crippen molar-refractivity contribution >= 4 is 17.0 Å². The maximum atomic E-state index is 12.1. The average Bonchev–Trinajstić information content (AvgIpc) is 2.44. The number of H-pyrrole nitrogens is 1. The molecule has 2 heterocycles. The van der Waals surface area contributed by atoms with Gasteiger partial charge in [-0.1, -0.05) is 0 Å². The summed E-state index contributed by atoms with van der Waals surface area (Å²) in [5, 5.41) is 18.0. The normalized spacial score (nSPS) is 16.6. The van der Waals surface area contributed by atoms with E-state index in [0.717, 1.165) is 5.56 Å². The largest absolute Gasteiger partial charge is 0.481 e. The van der Waals surface area contributed by atoms with Crippen LogP contribution in [-0.4, -0.2) is 20.6 Å². The molecule has 7 nitrogen and oxygen atoms in total. The third kappa shape index (κ3) is 2.01. The smallest absolute Gasteiger partial charge is 0.317 e. The molecule has 0 fully saturated rings. The summed E-state index contributed by atoms with van der Waals surface area (Å²) in [5.74, 6) is -1.02. The van der Waals surface area contributed by atoms with Crippen LogP contribution in [0.25, 0.3) is 11.0 Å². The molecule has 3 rings (SSSR count). The Morgan fingerprint density at radius 2 is 2.24 bits per heavy atom. The van der Waals surface area contributed by atoms with Crippen LogP contribution in [0.1, 0.15) is 30.0 Å². The number of aromatic amines is 1. The number of nitriles is 1. The van der Waals surface area contributed by atoms with Crippen molar-refractivity contribution in [3.63, 3.8) is 0 Å². The molecule has 1 aromatic carbocycles. The molecule has 1 aliphatic rings. The van der Waals surface area contributed by atoms with E-state index in [0.29, 0.717) is 29.4 Å². The highest BCUT2D eigenvalue weighted by Gasteiger charge is 2.26. The predicted molar refractivity (Wildman–Crippen MR) is 73.2 cm³/mol. The summed E-state index contributed by atoms with van der Waals surface area (Å²) in [6.07, 6.45) is 0.806. The molecule has 2 aromatic rings. The van der Waals surface area contributed by atoms with Crippen LogP contribution < -0.4 is 11.1 Å². The molecule has 1 atom stereocenters. The molecule has 0 bridgehead atoms. The van der Waals surface area contributed by atoms with Crippen LogP contribution in [0.3, 0.4) is 0 Å². The number of nitrogens with zero attached hydrogens (tertiary/aromatic N) is 2. The summed E-state index contributed by atoms with van der Waals surface area (Å²) in [6.45, 7) is 0. The number of carbonyl (C=O) groups is 1. The molecule has 0 saturated carbocycles. The number of rotatable bonds is 2. The number of aryl methyl sites for hydroxylation is 1. The third-order valence-corrected chi connectivity index (χ3v) is 3.74. The monoisotopic (exact) mass is 285 g/mol. The van der Waals surface area contributed by atoms with Crippen molar-refractivity contribution in [1.29, 1.82) is 5.26 Å². The number of carboxylic acid groups (broad SMARTS) is 1. The van der Waals surface area contributed by atoms with Gasteiger partial charge in [-0.2, -0.15) is 5.26 Å². The molecule has 0 saturated heterocycles. The van der Waals surface area contributed by atoms with Gasteiger partial charge in [-0.3, -0.25) is 19.0 Å². The number of hydrogen-bond donors (Lipinski definition) is 2. The zero-order chi connectivity index (χ0) is 15.1. The number of hydrogen-bond acceptors (Lipinski definition) is 4. The molecule has 21 heavy (non-hydrogen) atoms. The summed E-state index contributed by atoms with van der Waals surface area (Å²) in [6, 6.07) is 4.64. The maximum absolute atomic E-state index is 12.1. The van der Waals surface area contributed by atoms with E-state index in [1.165, 1.54) is 10.6 Å². The zero-order valence-corrected chi connectivity index (χ0v) is 10.9. The predicted octanol–water partition coefficient (Wildman–Crippen LogP) is 0.523. The van der Waals surface area contributed by atoms with Gasteiger partial charge in [0, 0.05) is 6.04 Å². The molecule has 0 aliphatic carbocycles. The highest BCUT2D eigenvalue weighted by Crippen LogP contribution is 2.30. The minimum atomic E-state index is -1.02. The highest BCUT2D eigenvalue weighted by molar-refractivity contribution is 5.81. The fourth-order valence-electron chi connectivity index (χ4n) is 2.91. The molecule has 1 aromatic heterocycles. The van der Waals surface area contributed by atoms with Gasteiger partial charge in [0.05, 0.1) is 29.1 Å². The molecule has 1 aliphatic heterocycles. The first kappa shape index (κ1) is 13.1. The van der Waals surface area contributed by atoms with E-state index >= 15 is 0 Å². The van der Waals surface area contributed by atoms with Crippen LogP contribution in [0, 0.1) is 11.3 Å². The molecule has 2 N–H and O–H groups in total. The zero-order valence-electron chi connectivity index (χ0n) is 10.9. The van der Waals surface area contributed by atoms with Crippen LogP contribution in [0.15, 0.2) is 21.7 Å². The summed E-state index contributed by atoms with van der Waals surface area (Å²) < 4.78 is 1.27. The molecule has 106 valence electrons. The van der Waals surface area contributed by atoms with Crippen molar-refractivity contribution in [1.82, 2.24) is 9.55 Å². The van der Waals surface area contributed by atoms with Crippen LogP contribution in [-0.2, 0) is 11.2 Å². The fourth-order valence-corrected chi connectivity index (χ4v) is 2.91. The molecular formula is C14H11N3O4. The lowest BCUT2D eigenvalue weighted by atomic mass is 9.95. The molecule has 0 radical (unpaired) electrons. The first-order valence-corrected chi connectivity index (χ1v) is 6.44. The van der Waals surface area contributed by atoms with Gasteiger partial charge in [-0.25, -0.2) is 0 Å². The highest BCUT2D eigenvalue weighted by atomic mass is 16.4. The Hall–Kier alpha value is -2.88. The van der Waals surface area contributed by atoms with Gasteiger partial charge in [0.2, 0.25) is 0 Å². The Morgan fingerprint density at radius 3 is 2.90 bits per heavy atom. The van der Waals surface area contributed by atoms with Crippen molar-refractivity contribution in [3.05, 3.63) is 44.0 Å².